The quantitative estimate of drug-likeness (QED) is 0.482. The number of esters is 1. The molecule has 0 aliphatic carbocycles. The van der Waals surface area contributed by atoms with Gasteiger partial charge in [0.1, 0.15) is 6.04 Å². The number of hydrogen-bond donors (Lipinski definition) is 2. The summed E-state index contributed by atoms with van der Waals surface area (Å²) in [4.78, 5) is 10.4. The molecule has 3 N–H and O–H groups in total. The zero-order valence-corrected chi connectivity index (χ0v) is 5.50. The number of aliphatic hydroxyl groups is 1. The van der Waals surface area contributed by atoms with Crippen molar-refractivity contribution >= 4 is 5.97 Å². The fraction of sp³-hybridized carbons (Fsp3) is 0.800. The molecule has 0 unspecified atom stereocenters. The van der Waals surface area contributed by atoms with E-state index in [1.807, 2.05) is 0 Å². The molecule has 0 fully saturated rings. The molecular weight excluding hydrogens is 122 g/mol. The number of carbonyl (C=O) groups is 1. The molecule has 0 saturated heterocycles. The monoisotopic (exact) mass is 135 g/mol. The molecule has 9 heavy (non-hydrogen) atoms. The third-order valence-corrected chi connectivity index (χ3v) is 0.993. The van der Waals surface area contributed by atoms with Gasteiger partial charge in [0.15, 0.2) is 0 Å². The van der Waals surface area contributed by atoms with Gasteiger partial charge in [-0.1, -0.05) is 0 Å². The van der Waals surface area contributed by atoms with Gasteiger partial charge in [0.25, 0.3) is 0 Å². The Morgan fingerprint density at radius 3 is 2.44 bits per heavy atom. The maximum absolute atomic E-state index is 10.4. The molecule has 4 heteroatoms. The maximum atomic E-state index is 10.4. The van der Waals surface area contributed by atoms with Crippen LogP contribution in [0.2, 0.25) is 0 Å². The van der Waals surface area contributed by atoms with Crippen molar-refractivity contribution in [3.05, 3.63) is 0 Å². The Morgan fingerprint density at radius 2 is 2.33 bits per heavy atom. The Hall–Kier alpha value is -0.610. The van der Waals surface area contributed by atoms with E-state index in [-0.39, 0.29) is 1.43 Å². The van der Waals surface area contributed by atoms with Gasteiger partial charge < -0.3 is 15.6 Å². The molecule has 0 aromatic rings. The van der Waals surface area contributed by atoms with E-state index in [1.54, 1.807) is 0 Å². The van der Waals surface area contributed by atoms with Crippen LogP contribution in [0.15, 0.2) is 0 Å². The highest BCUT2D eigenvalue weighted by Gasteiger charge is 2.18. The molecule has 2 atom stereocenters. The highest BCUT2D eigenvalue weighted by atomic mass is 16.5. The fourth-order valence-corrected chi connectivity index (χ4v) is 0.333. The van der Waals surface area contributed by atoms with Crippen LogP contribution in [0.25, 0.3) is 0 Å². The van der Waals surface area contributed by atoms with E-state index >= 15 is 0 Å². The topological polar surface area (TPSA) is 72.5 Å². The molecule has 0 aliphatic heterocycles. The van der Waals surface area contributed by atoms with E-state index in [1.165, 1.54) is 14.0 Å². The van der Waals surface area contributed by atoms with Crippen LogP contribution in [0.3, 0.4) is 0 Å². The van der Waals surface area contributed by atoms with Crippen LogP contribution < -0.4 is 5.73 Å². The SMILES string of the molecule is COC(=O)[C@H](N)[C@H](C)O.[HH]. The van der Waals surface area contributed by atoms with Crippen LogP contribution in [0.5, 0.6) is 0 Å². The first-order valence-corrected chi connectivity index (χ1v) is 2.61. The van der Waals surface area contributed by atoms with Crippen molar-refractivity contribution in [3.8, 4) is 0 Å². The normalized spacial score (nSPS) is 16.4. The summed E-state index contributed by atoms with van der Waals surface area (Å²) in [6.07, 6.45) is -0.850. The number of aliphatic hydroxyl groups excluding tert-OH is 1. The van der Waals surface area contributed by atoms with Crippen molar-refractivity contribution in [3.63, 3.8) is 0 Å². The molecular formula is C5H13NO3. The molecule has 0 bridgehead atoms. The zero-order chi connectivity index (χ0) is 7.44. The van der Waals surface area contributed by atoms with Gasteiger partial charge in [-0.2, -0.15) is 0 Å². The van der Waals surface area contributed by atoms with Crippen molar-refractivity contribution < 1.29 is 16.1 Å². The van der Waals surface area contributed by atoms with Crippen molar-refractivity contribution in [2.45, 2.75) is 19.1 Å². The van der Waals surface area contributed by atoms with Gasteiger partial charge in [0.2, 0.25) is 0 Å². The first-order chi connectivity index (χ1) is 4.09. The van der Waals surface area contributed by atoms with Gasteiger partial charge in [0, 0.05) is 1.43 Å². The summed E-state index contributed by atoms with van der Waals surface area (Å²) < 4.78 is 4.25. The standard InChI is InChI=1S/C5H11NO3.H2/c1-3(7)4(6)5(8)9-2;/h3-4,7H,6H2,1-2H3;1H/t3-,4+;/m0./s1. The van der Waals surface area contributed by atoms with Gasteiger partial charge >= 0.3 is 5.97 Å². The van der Waals surface area contributed by atoms with E-state index < -0.39 is 18.1 Å². The predicted molar refractivity (Wildman–Crippen MR) is 33.8 cm³/mol. The lowest BCUT2D eigenvalue weighted by molar-refractivity contribution is -0.144. The molecule has 0 heterocycles. The first kappa shape index (κ1) is 8.39. The molecule has 0 amide bonds. The number of rotatable bonds is 2. The summed E-state index contributed by atoms with van der Waals surface area (Å²) in [6.45, 7) is 1.43. The molecule has 0 spiro atoms. The molecule has 0 aromatic heterocycles. The minimum atomic E-state index is -0.921. The first-order valence-electron chi connectivity index (χ1n) is 2.61. The maximum Gasteiger partial charge on any atom is 0.325 e. The molecule has 0 radical (unpaired) electrons. The zero-order valence-electron chi connectivity index (χ0n) is 5.50. The average Bonchev–Trinajstić information content (AvgIpc) is 1.84. The molecule has 0 aromatic carbocycles. The second-order valence-corrected chi connectivity index (χ2v) is 1.79. The third kappa shape index (κ3) is 2.43. The highest BCUT2D eigenvalue weighted by Crippen LogP contribution is 1.89. The Bertz CT molecular complexity index is 107. The molecule has 0 saturated carbocycles. The lowest BCUT2D eigenvalue weighted by Gasteiger charge is -2.10. The molecule has 0 rings (SSSR count). The van der Waals surface area contributed by atoms with Crippen molar-refractivity contribution in [1.29, 1.82) is 0 Å². The summed E-state index contributed by atoms with van der Waals surface area (Å²) in [5.41, 5.74) is 5.15. The lowest BCUT2D eigenvalue weighted by atomic mass is 10.2. The number of nitrogens with two attached hydrogens (primary N) is 1. The minimum Gasteiger partial charge on any atom is -0.468 e. The Balaban J connectivity index is 0. The number of methoxy groups -OCH3 is 1. The van der Waals surface area contributed by atoms with Crippen molar-refractivity contribution in [2.75, 3.05) is 7.11 Å². The molecule has 0 aliphatic rings. The smallest absolute Gasteiger partial charge is 0.325 e. The van der Waals surface area contributed by atoms with Crippen LogP contribution in [-0.4, -0.2) is 30.3 Å². The molecule has 4 nitrogen and oxygen atoms in total. The van der Waals surface area contributed by atoms with Gasteiger partial charge in [0.05, 0.1) is 13.2 Å². The van der Waals surface area contributed by atoms with Gasteiger partial charge in [-0.3, -0.25) is 4.79 Å². The Kier molecular flexibility index (Phi) is 3.19. The summed E-state index contributed by atoms with van der Waals surface area (Å²) in [5.74, 6) is -0.593. The summed E-state index contributed by atoms with van der Waals surface area (Å²) in [7, 11) is 1.23. The fourth-order valence-electron chi connectivity index (χ4n) is 0.333. The summed E-state index contributed by atoms with van der Waals surface area (Å²) >= 11 is 0. The average molecular weight is 135 g/mol. The van der Waals surface area contributed by atoms with Crippen LogP contribution >= 0.6 is 0 Å². The van der Waals surface area contributed by atoms with Crippen LogP contribution in [0.4, 0.5) is 0 Å². The second-order valence-electron chi connectivity index (χ2n) is 1.79. The summed E-state index contributed by atoms with van der Waals surface area (Å²) in [6, 6.07) is -0.921. The highest BCUT2D eigenvalue weighted by molar-refractivity contribution is 5.75. The minimum absolute atomic E-state index is 0. The number of carbonyl (C=O) groups excluding carboxylic acids is 1. The number of ether oxygens (including phenoxy) is 1. The van der Waals surface area contributed by atoms with Crippen molar-refractivity contribution in [2.24, 2.45) is 5.73 Å². The predicted octanol–water partition coefficient (Wildman–Crippen LogP) is -0.887. The van der Waals surface area contributed by atoms with Crippen LogP contribution in [0, 0.1) is 0 Å². The van der Waals surface area contributed by atoms with Gasteiger partial charge in [-0.25, -0.2) is 0 Å². The van der Waals surface area contributed by atoms with Crippen LogP contribution in [0.1, 0.15) is 8.35 Å². The Labute approximate surface area is 55.1 Å². The second kappa shape index (κ2) is 3.42. The van der Waals surface area contributed by atoms with Gasteiger partial charge in [-0.05, 0) is 6.92 Å². The van der Waals surface area contributed by atoms with Crippen molar-refractivity contribution in [1.82, 2.24) is 0 Å². The van der Waals surface area contributed by atoms with E-state index in [2.05, 4.69) is 4.74 Å². The van der Waals surface area contributed by atoms with E-state index in [0.717, 1.165) is 0 Å². The summed E-state index contributed by atoms with van der Waals surface area (Å²) in [5, 5.41) is 8.70. The van der Waals surface area contributed by atoms with E-state index in [9.17, 15) is 4.79 Å². The Morgan fingerprint density at radius 1 is 1.89 bits per heavy atom. The van der Waals surface area contributed by atoms with E-state index in [0.29, 0.717) is 0 Å². The number of hydrogen-bond acceptors (Lipinski definition) is 4. The molecule has 56 valence electrons. The third-order valence-electron chi connectivity index (χ3n) is 0.993. The van der Waals surface area contributed by atoms with E-state index in [4.69, 9.17) is 10.8 Å². The largest absolute Gasteiger partial charge is 0.468 e. The lowest BCUT2D eigenvalue weighted by Crippen LogP contribution is -2.40. The van der Waals surface area contributed by atoms with Gasteiger partial charge in [-0.15, -0.1) is 0 Å². The van der Waals surface area contributed by atoms with Crippen LogP contribution in [-0.2, 0) is 9.53 Å².